The molecule has 5 nitrogen and oxygen atoms in total. The number of benzene rings is 4. The van der Waals surface area contributed by atoms with Gasteiger partial charge in [-0.25, -0.2) is 0 Å². The molecule has 2 heterocycles. The monoisotopic (exact) mass is 598 g/mol. The van der Waals surface area contributed by atoms with Crippen molar-refractivity contribution in [3.05, 3.63) is 107 Å². The summed E-state index contributed by atoms with van der Waals surface area (Å²) in [6, 6.07) is 30.5. The molecule has 4 aromatic carbocycles. The van der Waals surface area contributed by atoms with Crippen molar-refractivity contribution >= 4 is 56.7 Å². The van der Waals surface area contributed by atoms with Gasteiger partial charge in [0.2, 0.25) is 5.91 Å². The zero-order valence-corrected chi connectivity index (χ0v) is 24.0. The van der Waals surface area contributed by atoms with Crippen LogP contribution in [0.1, 0.15) is 11.1 Å². The van der Waals surface area contributed by atoms with Crippen LogP contribution in [-0.4, -0.2) is 26.4 Å². The summed E-state index contributed by atoms with van der Waals surface area (Å²) in [4.78, 5) is 17.8. The van der Waals surface area contributed by atoms with Crippen LogP contribution in [0, 0.1) is 13.8 Å². The Morgan fingerprint density at radius 2 is 1.45 bits per heavy atom. The Bertz CT molecular complexity index is 1600. The number of hydrogen-bond donors (Lipinski definition) is 0. The molecule has 0 spiro atoms. The maximum Gasteiger partial charge on any atom is 0.242 e. The predicted octanol–water partition coefficient (Wildman–Crippen LogP) is 8.24. The topological polar surface area (TPSA) is 51.0 Å². The minimum Gasteiger partial charge on any atom is -0.278 e. The molecule has 0 fully saturated rings. The second-order valence-electron chi connectivity index (χ2n) is 9.05. The highest BCUT2D eigenvalue weighted by Crippen LogP contribution is 2.48. The van der Waals surface area contributed by atoms with Crippen LogP contribution in [0.4, 0.5) is 11.4 Å². The van der Waals surface area contributed by atoms with Gasteiger partial charge >= 0.3 is 0 Å². The summed E-state index contributed by atoms with van der Waals surface area (Å²) >= 11 is 6.61. The molecule has 6 rings (SSSR count). The average molecular weight is 600 g/mol. The van der Waals surface area contributed by atoms with Crippen molar-refractivity contribution in [3.63, 3.8) is 0 Å². The van der Waals surface area contributed by atoms with E-state index in [0.717, 1.165) is 53.8 Å². The van der Waals surface area contributed by atoms with Gasteiger partial charge in [0.1, 0.15) is 0 Å². The largest absolute Gasteiger partial charge is 0.278 e. The number of amides is 1. The van der Waals surface area contributed by atoms with Gasteiger partial charge in [0.05, 0.1) is 22.8 Å². The van der Waals surface area contributed by atoms with Crippen LogP contribution in [0.15, 0.2) is 110 Å². The number of anilines is 2. The summed E-state index contributed by atoms with van der Waals surface area (Å²) in [6.45, 7) is 4.17. The Kier molecular flexibility index (Phi) is 6.86. The van der Waals surface area contributed by atoms with E-state index in [2.05, 4.69) is 74.9 Å². The molecular formula is C30H23BrN4OS2. The van der Waals surface area contributed by atoms with Gasteiger partial charge in [0, 0.05) is 19.8 Å². The Labute approximate surface area is 238 Å². The molecule has 0 N–H and O–H groups in total. The fraction of sp³-hybridized carbons (Fsp3) is 0.100. The van der Waals surface area contributed by atoms with E-state index in [1.54, 1.807) is 11.8 Å². The minimum absolute atomic E-state index is 0.00429. The molecule has 8 heteroatoms. The zero-order chi connectivity index (χ0) is 26.2. The summed E-state index contributed by atoms with van der Waals surface area (Å²) in [5, 5.41) is 9.78. The summed E-state index contributed by atoms with van der Waals surface area (Å²) in [5.41, 5.74) is 6.06. The fourth-order valence-corrected chi connectivity index (χ4v) is 6.75. The summed E-state index contributed by atoms with van der Waals surface area (Å²) < 4.78 is 3.05. The number of para-hydroxylation sites is 2. The summed E-state index contributed by atoms with van der Waals surface area (Å²) in [7, 11) is 0. The Morgan fingerprint density at radius 3 is 2.08 bits per heavy atom. The van der Waals surface area contributed by atoms with Crippen molar-refractivity contribution in [2.24, 2.45) is 0 Å². The second-order valence-corrected chi connectivity index (χ2v) is 12.0. The molecule has 0 aliphatic carbocycles. The lowest BCUT2D eigenvalue weighted by Crippen LogP contribution is -2.30. The van der Waals surface area contributed by atoms with Crippen molar-refractivity contribution in [2.45, 2.75) is 28.8 Å². The molecule has 1 amide bonds. The van der Waals surface area contributed by atoms with E-state index in [-0.39, 0.29) is 11.7 Å². The van der Waals surface area contributed by atoms with Crippen LogP contribution in [0.2, 0.25) is 0 Å². The smallest absolute Gasteiger partial charge is 0.242 e. The van der Waals surface area contributed by atoms with Crippen molar-refractivity contribution in [2.75, 3.05) is 10.7 Å². The van der Waals surface area contributed by atoms with Crippen LogP contribution >= 0.6 is 39.5 Å². The normalized spacial score (nSPS) is 12.2. The van der Waals surface area contributed by atoms with Crippen LogP contribution in [0.3, 0.4) is 0 Å². The number of hydrogen-bond acceptors (Lipinski definition) is 5. The van der Waals surface area contributed by atoms with Gasteiger partial charge in [-0.1, -0.05) is 81.9 Å². The molecule has 188 valence electrons. The number of carbonyl (C=O) groups is 1. The van der Waals surface area contributed by atoms with E-state index in [1.165, 1.54) is 11.8 Å². The number of rotatable bonds is 5. The molecule has 0 unspecified atom stereocenters. The lowest BCUT2D eigenvalue weighted by molar-refractivity contribution is -0.115. The molecule has 1 aromatic heterocycles. The lowest BCUT2D eigenvalue weighted by atomic mass is 10.1. The SMILES string of the molecule is Cc1cc(C)cc(-n2c(SCC(=O)N3c4ccccc4Sc4ccccc43)nnc2-c2ccc(Br)cc2)c1. The van der Waals surface area contributed by atoms with E-state index < -0.39 is 0 Å². The first-order chi connectivity index (χ1) is 18.5. The highest BCUT2D eigenvalue weighted by atomic mass is 79.9. The van der Waals surface area contributed by atoms with Crippen molar-refractivity contribution in [1.82, 2.24) is 14.8 Å². The van der Waals surface area contributed by atoms with E-state index in [9.17, 15) is 4.79 Å². The Balaban J connectivity index is 1.37. The molecular weight excluding hydrogens is 576 g/mol. The number of nitrogens with zero attached hydrogens (tertiary/aromatic N) is 4. The minimum atomic E-state index is -0.00429. The molecule has 0 bridgehead atoms. The van der Waals surface area contributed by atoms with Crippen molar-refractivity contribution in [1.29, 1.82) is 0 Å². The van der Waals surface area contributed by atoms with E-state index in [1.807, 2.05) is 65.6 Å². The van der Waals surface area contributed by atoms with E-state index in [4.69, 9.17) is 0 Å². The summed E-state index contributed by atoms with van der Waals surface area (Å²) in [6.07, 6.45) is 0. The molecule has 0 saturated carbocycles. The van der Waals surface area contributed by atoms with Gasteiger partial charge in [-0.3, -0.25) is 14.3 Å². The quantitative estimate of drug-likeness (QED) is 0.191. The lowest BCUT2D eigenvalue weighted by Gasteiger charge is -2.30. The standard InChI is InChI=1S/C30H23BrN4OS2/c1-19-15-20(2)17-23(16-19)34-29(21-11-13-22(31)14-12-21)32-33-30(34)37-18-28(36)35-24-7-3-5-9-26(24)38-27-10-6-4-8-25(27)35/h3-17H,18H2,1-2H3. The number of halogens is 1. The Morgan fingerprint density at radius 1 is 0.842 bits per heavy atom. The fourth-order valence-electron chi connectivity index (χ4n) is 4.63. The molecule has 1 aliphatic heterocycles. The van der Waals surface area contributed by atoms with E-state index in [0.29, 0.717) is 5.16 Å². The predicted molar refractivity (Wildman–Crippen MR) is 159 cm³/mol. The van der Waals surface area contributed by atoms with Crippen LogP contribution < -0.4 is 4.90 Å². The maximum atomic E-state index is 13.8. The van der Waals surface area contributed by atoms with E-state index >= 15 is 0 Å². The summed E-state index contributed by atoms with van der Waals surface area (Å²) in [5.74, 6) is 0.953. The average Bonchev–Trinajstić information content (AvgIpc) is 3.34. The van der Waals surface area contributed by atoms with Crippen LogP contribution in [-0.2, 0) is 4.79 Å². The first-order valence-corrected chi connectivity index (χ1v) is 14.7. The molecule has 0 radical (unpaired) electrons. The molecule has 5 aromatic rings. The molecule has 1 aliphatic rings. The second kappa shape index (κ2) is 10.4. The van der Waals surface area contributed by atoms with Crippen molar-refractivity contribution < 1.29 is 4.79 Å². The number of aromatic nitrogens is 3. The molecule has 0 atom stereocenters. The third kappa shape index (κ3) is 4.79. The first kappa shape index (κ1) is 25.0. The van der Waals surface area contributed by atoms with Gasteiger partial charge in [0.25, 0.3) is 0 Å². The number of thioether (sulfide) groups is 1. The number of carbonyl (C=O) groups excluding carboxylic acids is 1. The highest BCUT2D eigenvalue weighted by Gasteiger charge is 2.28. The van der Waals surface area contributed by atoms with Gasteiger partial charge in [-0.05, 0) is 73.5 Å². The third-order valence-electron chi connectivity index (χ3n) is 6.21. The molecule has 38 heavy (non-hydrogen) atoms. The van der Waals surface area contributed by atoms with Crippen LogP contribution in [0.25, 0.3) is 17.1 Å². The van der Waals surface area contributed by atoms with Gasteiger partial charge in [-0.15, -0.1) is 10.2 Å². The van der Waals surface area contributed by atoms with Gasteiger partial charge in [-0.2, -0.15) is 0 Å². The van der Waals surface area contributed by atoms with Gasteiger partial charge in [0.15, 0.2) is 11.0 Å². The Hall–Kier alpha value is -3.33. The highest BCUT2D eigenvalue weighted by molar-refractivity contribution is 9.10. The first-order valence-electron chi connectivity index (χ1n) is 12.1. The number of fused-ring (bicyclic) bond motifs is 2. The van der Waals surface area contributed by atoms with Gasteiger partial charge < -0.3 is 0 Å². The molecule has 0 saturated heterocycles. The van der Waals surface area contributed by atoms with Crippen molar-refractivity contribution in [3.8, 4) is 17.1 Å². The third-order valence-corrected chi connectivity index (χ3v) is 8.78. The number of aryl methyl sites for hydroxylation is 2. The maximum absolute atomic E-state index is 13.8. The zero-order valence-electron chi connectivity index (χ0n) is 20.8. The van der Waals surface area contributed by atoms with Crippen LogP contribution in [0.5, 0.6) is 0 Å².